The van der Waals surface area contributed by atoms with E-state index >= 15 is 0 Å². The molecule has 12 heavy (non-hydrogen) atoms. The van der Waals surface area contributed by atoms with Crippen LogP contribution in [0.4, 0.5) is 0 Å². The minimum absolute atomic E-state index is 0.104. The summed E-state index contributed by atoms with van der Waals surface area (Å²) >= 11 is 0. The van der Waals surface area contributed by atoms with Crippen molar-refractivity contribution in [2.24, 2.45) is 11.8 Å². The second-order valence-corrected chi connectivity index (χ2v) is 3.43. The summed E-state index contributed by atoms with van der Waals surface area (Å²) in [7, 11) is 0. The van der Waals surface area contributed by atoms with Gasteiger partial charge in [0.25, 0.3) is 0 Å². The number of rotatable bonds is 1. The van der Waals surface area contributed by atoms with Crippen LogP contribution in [0.15, 0.2) is 0 Å². The number of fused-ring (bicyclic) bond motifs is 2. The van der Waals surface area contributed by atoms with Crippen LogP contribution in [0, 0.1) is 11.8 Å². The van der Waals surface area contributed by atoms with Crippen LogP contribution in [0.2, 0.25) is 0 Å². The van der Waals surface area contributed by atoms with Crippen molar-refractivity contribution in [2.75, 3.05) is 6.61 Å². The van der Waals surface area contributed by atoms with Crippen molar-refractivity contribution >= 4 is 11.8 Å². The lowest BCUT2D eigenvalue weighted by atomic mass is 9.81. The molecule has 3 unspecified atom stereocenters. The van der Waals surface area contributed by atoms with E-state index in [1.165, 1.54) is 0 Å². The number of carboxylic acid groups (broad SMARTS) is 1. The van der Waals surface area contributed by atoms with E-state index in [2.05, 4.69) is 0 Å². The molecule has 0 aromatic rings. The molecule has 0 spiro atoms. The molecule has 1 aliphatic heterocycles. The van der Waals surface area contributed by atoms with Gasteiger partial charge < -0.3 is 9.84 Å². The van der Waals surface area contributed by atoms with Crippen molar-refractivity contribution in [2.45, 2.75) is 18.9 Å². The van der Waals surface area contributed by atoms with E-state index in [1.807, 2.05) is 0 Å². The Morgan fingerprint density at radius 3 is 2.83 bits per heavy atom. The normalized spacial score (nSPS) is 40.0. The van der Waals surface area contributed by atoms with Crippen LogP contribution in [-0.2, 0) is 14.3 Å². The van der Waals surface area contributed by atoms with Gasteiger partial charge in [0.2, 0.25) is 0 Å². The topological polar surface area (TPSA) is 63.6 Å². The van der Waals surface area contributed by atoms with Crippen molar-refractivity contribution < 1.29 is 19.4 Å². The Bertz CT molecular complexity index is 219. The van der Waals surface area contributed by atoms with Gasteiger partial charge in [-0.25, -0.2) is 0 Å². The van der Waals surface area contributed by atoms with Gasteiger partial charge in [0.05, 0.1) is 12.5 Å². The summed E-state index contributed by atoms with van der Waals surface area (Å²) in [4.78, 5) is 21.9. The summed E-state index contributed by atoms with van der Waals surface area (Å²) in [5.41, 5.74) is 0. The van der Waals surface area contributed by atoms with E-state index in [9.17, 15) is 9.59 Å². The molecule has 1 saturated heterocycles. The summed E-state index contributed by atoms with van der Waals surface area (Å²) in [6.07, 6.45) is 0.403. The van der Waals surface area contributed by atoms with Gasteiger partial charge in [-0.05, 0) is 12.8 Å². The quantitative estimate of drug-likeness (QED) is 0.604. The van der Waals surface area contributed by atoms with Gasteiger partial charge in [-0.3, -0.25) is 9.59 Å². The Labute approximate surface area is 69.5 Å². The lowest BCUT2D eigenvalue weighted by Gasteiger charge is -2.21. The van der Waals surface area contributed by atoms with Gasteiger partial charge >= 0.3 is 5.97 Å². The molecule has 1 N–H and O–H groups in total. The van der Waals surface area contributed by atoms with Gasteiger partial charge in [0, 0.05) is 5.92 Å². The molecular weight excluding hydrogens is 160 g/mol. The molecule has 2 aliphatic rings. The molecular formula is C8H10O4. The van der Waals surface area contributed by atoms with Crippen LogP contribution >= 0.6 is 0 Å². The third-order valence-corrected chi connectivity index (χ3v) is 2.64. The number of carbonyl (C=O) groups is 2. The highest BCUT2D eigenvalue weighted by atomic mass is 16.5. The van der Waals surface area contributed by atoms with Crippen molar-refractivity contribution in [3.8, 4) is 0 Å². The van der Waals surface area contributed by atoms with Crippen molar-refractivity contribution in [1.82, 2.24) is 0 Å². The molecule has 0 aromatic carbocycles. The van der Waals surface area contributed by atoms with Gasteiger partial charge in [0.1, 0.15) is 6.10 Å². The first-order valence-electron chi connectivity index (χ1n) is 4.06. The number of ether oxygens (including phenoxy) is 1. The fourth-order valence-corrected chi connectivity index (χ4v) is 1.93. The molecule has 2 bridgehead atoms. The minimum Gasteiger partial charge on any atom is -0.481 e. The zero-order valence-electron chi connectivity index (χ0n) is 6.53. The van der Waals surface area contributed by atoms with Crippen molar-refractivity contribution in [3.63, 3.8) is 0 Å². The molecule has 2 rings (SSSR count). The summed E-state index contributed by atoms with van der Waals surface area (Å²) in [6.45, 7) is 0.424. The van der Waals surface area contributed by atoms with Crippen LogP contribution < -0.4 is 0 Å². The lowest BCUT2D eigenvalue weighted by Crippen LogP contribution is -2.33. The van der Waals surface area contributed by atoms with E-state index in [0.717, 1.165) is 0 Å². The monoisotopic (exact) mass is 170 g/mol. The molecule has 0 radical (unpaired) electrons. The first kappa shape index (κ1) is 7.73. The zero-order chi connectivity index (χ0) is 8.72. The minimum atomic E-state index is -0.803. The highest BCUT2D eigenvalue weighted by Crippen LogP contribution is 2.34. The Balaban J connectivity index is 2.12. The van der Waals surface area contributed by atoms with Gasteiger partial charge in [-0.2, -0.15) is 0 Å². The first-order chi connectivity index (χ1) is 5.68. The Hall–Kier alpha value is -0.900. The summed E-state index contributed by atoms with van der Waals surface area (Å²) in [6, 6.07) is 0. The molecule has 3 atom stereocenters. The van der Waals surface area contributed by atoms with Crippen molar-refractivity contribution in [3.05, 3.63) is 0 Å². The summed E-state index contributed by atoms with van der Waals surface area (Å²) < 4.78 is 5.16. The van der Waals surface area contributed by atoms with E-state index in [4.69, 9.17) is 9.84 Å². The summed E-state index contributed by atoms with van der Waals surface area (Å²) in [5.74, 6) is -1.22. The van der Waals surface area contributed by atoms with E-state index in [0.29, 0.717) is 19.4 Å². The number of hydrogen-bond donors (Lipinski definition) is 1. The number of carbonyl (C=O) groups excluding carboxylic acids is 1. The number of hydrogen-bond acceptors (Lipinski definition) is 3. The Morgan fingerprint density at radius 2 is 2.25 bits per heavy atom. The molecule has 1 saturated carbocycles. The van der Waals surface area contributed by atoms with Gasteiger partial charge in [-0.15, -0.1) is 0 Å². The predicted molar refractivity (Wildman–Crippen MR) is 38.6 cm³/mol. The SMILES string of the molecule is O=C(O)C1CC2COC(C1)C2=O. The summed E-state index contributed by atoms with van der Waals surface area (Å²) in [5, 5.41) is 8.72. The number of Topliss-reactive ketones (excluding diaryl/α,β-unsaturated/α-hetero) is 1. The first-order valence-corrected chi connectivity index (χ1v) is 4.06. The molecule has 4 nitrogen and oxygen atoms in total. The van der Waals surface area contributed by atoms with Crippen LogP contribution in [0.3, 0.4) is 0 Å². The molecule has 0 aromatic heterocycles. The zero-order valence-corrected chi connectivity index (χ0v) is 6.53. The molecule has 66 valence electrons. The average molecular weight is 170 g/mol. The van der Waals surface area contributed by atoms with E-state index in [-0.39, 0.29) is 17.6 Å². The highest BCUT2D eigenvalue weighted by molar-refractivity contribution is 5.89. The average Bonchev–Trinajstić information content (AvgIpc) is 2.30. The number of carboxylic acids is 1. The lowest BCUT2D eigenvalue weighted by molar-refractivity contribution is -0.145. The maximum atomic E-state index is 11.2. The van der Waals surface area contributed by atoms with Crippen LogP contribution in [0.1, 0.15) is 12.8 Å². The Kier molecular flexibility index (Phi) is 1.65. The molecule has 4 heteroatoms. The second-order valence-electron chi connectivity index (χ2n) is 3.43. The maximum Gasteiger partial charge on any atom is 0.306 e. The largest absolute Gasteiger partial charge is 0.481 e. The third kappa shape index (κ3) is 1.03. The smallest absolute Gasteiger partial charge is 0.306 e. The standard InChI is InChI=1S/C8H10O4/c9-7-5-1-4(8(10)11)2-6(7)12-3-5/h4-6H,1-3H2,(H,10,11). The van der Waals surface area contributed by atoms with Crippen molar-refractivity contribution in [1.29, 1.82) is 0 Å². The van der Waals surface area contributed by atoms with E-state index < -0.39 is 12.1 Å². The van der Waals surface area contributed by atoms with E-state index in [1.54, 1.807) is 0 Å². The third-order valence-electron chi connectivity index (χ3n) is 2.64. The van der Waals surface area contributed by atoms with Crippen LogP contribution in [0.5, 0.6) is 0 Å². The van der Waals surface area contributed by atoms with Crippen LogP contribution in [-0.4, -0.2) is 29.6 Å². The Morgan fingerprint density at radius 1 is 1.50 bits per heavy atom. The highest BCUT2D eigenvalue weighted by Gasteiger charge is 2.44. The van der Waals surface area contributed by atoms with Crippen LogP contribution in [0.25, 0.3) is 0 Å². The molecule has 2 fully saturated rings. The van der Waals surface area contributed by atoms with Gasteiger partial charge in [-0.1, -0.05) is 0 Å². The predicted octanol–water partition coefficient (Wildman–Crippen LogP) is 0.0651. The molecule has 1 heterocycles. The number of aliphatic carboxylic acids is 1. The molecule has 1 aliphatic carbocycles. The number of ketones is 1. The fraction of sp³-hybridized carbons (Fsp3) is 0.750. The maximum absolute atomic E-state index is 11.2. The molecule has 0 amide bonds. The fourth-order valence-electron chi connectivity index (χ4n) is 1.93. The van der Waals surface area contributed by atoms with Gasteiger partial charge in [0.15, 0.2) is 5.78 Å². The second kappa shape index (κ2) is 2.55.